The number of carbonyl (C=O) groups excluding carboxylic acids is 1. The summed E-state index contributed by atoms with van der Waals surface area (Å²) in [6.45, 7) is 3.91. The second-order valence-electron chi connectivity index (χ2n) is 6.29. The summed E-state index contributed by atoms with van der Waals surface area (Å²) in [4.78, 5) is 24.9. The van der Waals surface area contributed by atoms with E-state index in [-0.39, 0.29) is 12.0 Å². The third-order valence-electron chi connectivity index (χ3n) is 4.56. The second kappa shape index (κ2) is 7.61. The SMILES string of the molecule is O=C(Nc1ccc(N2CCN(c3ncccn3)CC2)nn1)C1CCCO1. The molecule has 9 nitrogen and oxygen atoms in total. The van der Waals surface area contributed by atoms with Gasteiger partial charge in [0.1, 0.15) is 6.10 Å². The molecule has 1 atom stereocenters. The van der Waals surface area contributed by atoms with Crippen LogP contribution in [0.1, 0.15) is 12.8 Å². The van der Waals surface area contributed by atoms with Gasteiger partial charge in [-0.3, -0.25) is 4.79 Å². The van der Waals surface area contributed by atoms with Gasteiger partial charge in [0.25, 0.3) is 5.91 Å². The van der Waals surface area contributed by atoms with Crippen molar-refractivity contribution in [1.82, 2.24) is 20.2 Å². The largest absolute Gasteiger partial charge is 0.368 e. The second-order valence-corrected chi connectivity index (χ2v) is 6.29. The number of aromatic nitrogens is 4. The normalized spacial score (nSPS) is 20.2. The van der Waals surface area contributed by atoms with Crippen LogP contribution in [0.5, 0.6) is 0 Å². The van der Waals surface area contributed by atoms with Crippen molar-refractivity contribution in [2.24, 2.45) is 0 Å². The molecule has 2 aliphatic rings. The first-order chi connectivity index (χ1) is 12.8. The monoisotopic (exact) mass is 355 g/mol. The van der Waals surface area contributed by atoms with Crippen LogP contribution in [0.25, 0.3) is 0 Å². The number of rotatable bonds is 4. The molecule has 2 aromatic heterocycles. The minimum Gasteiger partial charge on any atom is -0.368 e. The summed E-state index contributed by atoms with van der Waals surface area (Å²) in [5, 5.41) is 11.1. The summed E-state index contributed by atoms with van der Waals surface area (Å²) in [6, 6.07) is 5.48. The Hall–Kier alpha value is -2.81. The maximum atomic E-state index is 12.0. The lowest BCUT2D eigenvalue weighted by Gasteiger charge is -2.35. The van der Waals surface area contributed by atoms with Gasteiger partial charge in [-0.2, -0.15) is 0 Å². The quantitative estimate of drug-likeness (QED) is 0.857. The van der Waals surface area contributed by atoms with Crippen LogP contribution in [-0.4, -0.2) is 65.0 Å². The molecular formula is C17H21N7O2. The molecular weight excluding hydrogens is 334 g/mol. The predicted molar refractivity (Wildman–Crippen MR) is 96.1 cm³/mol. The van der Waals surface area contributed by atoms with Crippen molar-refractivity contribution >= 4 is 23.5 Å². The molecule has 9 heteroatoms. The van der Waals surface area contributed by atoms with E-state index in [1.807, 2.05) is 12.1 Å². The molecule has 4 rings (SSSR count). The minimum absolute atomic E-state index is 0.152. The topological polar surface area (TPSA) is 96.4 Å². The molecule has 1 N–H and O–H groups in total. The van der Waals surface area contributed by atoms with Gasteiger partial charge in [-0.25, -0.2) is 9.97 Å². The van der Waals surface area contributed by atoms with Crippen LogP contribution in [0.4, 0.5) is 17.6 Å². The van der Waals surface area contributed by atoms with Crippen LogP contribution < -0.4 is 15.1 Å². The highest BCUT2D eigenvalue weighted by molar-refractivity contribution is 5.93. The highest BCUT2D eigenvalue weighted by Gasteiger charge is 2.24. The van der Waals surface area contributed by atoms with Gasteiger partial charge >= 0.3 is 0 Å². The van der Waals surface area contributed by atoms with E-state index >= 15 is 0 Å². The molecule has 0 aromatic carbocycles. The van der Waals surface area contributed by atoms with E-state index in [0.717, 1.165) is 50.8 Å². The summed E-state index contributed by atoms with van der Waals surface area (Å²) in [7, 11) is 0. The molecule has 4 heterocycles. The standard InChI is InChI=1S/C17H21N7O2/c25-16(13-3-1-12-26-13)20-14-4-5-15(22-21-14)23-8-10-24(11-9-23)17-18-6-2-7-19-17/h2,4-7,13H,1,3,8-12H2,(H,20,21,25). The van der Waals surface area contributed by atoms with E-state index in [2.05, 4.69) is 35.3 Å². The number of hydrogen-bond donors (Lipinski definition) is 1. The highest BCUT2D eigenvalue weighted by Crippen LogP contribution is 2.18. The third-order valence-corrected chi connectivity index (χ3v) is 4.56. The minimum atomic E-state index is -0.371. The Bertz CT molecular complexity index is 727. The van der Waals surface area contributed by atoms with Crippen LogP contribution in [0.15, 0.2) is 30.6 Å². The van der Waals surface area contributed by atoms with Crippen molar-refractivity contribution < 1.29 is 9.53 Å². The van der Waals surface area contributed by atoms with Crippen molar-refractivity contribution in [3.8, 4) is 0 Å². The Labute approximate surface area is 151 Å². The van der Waals surface area contributed by atoms with E-state index in [9.17, 15) is 4.79 Å². The van der Waals surface area contributed by atoms with Crippen LogP contribution in [-0.2, 0) is 9.53 Å². The molecule has 2 saturated heterocycles. The lowest BCUT2D eigenvalue weighted by molar-refractivity contribution is -0.124. The van der Waals surface area contributed by atoms with E-state index in [0.29, 0.717) is 12.4 Å². The molecule has 0 aliphatic carbocycles. The van der Waals surface area contributed by atoms with Gasteiger partial charge in [0.05, 0.1) is 0 Å². The molecule has 2 aromatic rings. The number of hydrogen-bond acceptors (Lipinski definition) is 8. The van der Waals surface area contributed by atoms with Gasteiger partial charge < -0.3 is 19.9 Å². The maximum Gasteiger partial charge on any atom is 0.254 e. The van der Waals surface area contributed by atoms with E-state index in [1.165, 1.54) is 0 Å². The van der Waals surface area contributed by atoms with Crippen molar-refractivity contribution in [3.05, 3.63) is 30.6 Å². The third kappa shape index (κ3) is 3.72. The Morgan fingerprint density at radius 3 is 2.50 bits per heavy atom. The van der Waals surface area contributed by atoms with E-state index < -0.39 is 0 Å². The predicted octanol–water partition coefficient (Wildman–Crippen LogP) is 0.711. The van der Waals surface area contributed by atoms with Crippen molar-refractivity contribution in [2.75, 3.05) is 47.9 Å². The molecule has 0 saturated carbocycles. The van der Waals surface area contributed by atoms with E-state index in [4.69, 9.17) is 4.74 Å². The molecule has 1 unspecified atom stereocenters. The fourth-order valence-electron chi connectivity index (χ4n) is 3.14. The van der Waals surface area contributed by atoms with Crippen LogP contribution in [0.3, 0.4) is 0 Å². The first kappa shape index (κ1) is 16.6. The number of ether oxygens (including phenoxy) is 1. The Morgan fingerprint density at radius 1 is 1.08 bits per heavy atom. The van der Waals surface area contributed by atoms with Crippen LogP contribution >= 0.6 is 0 Å². The van der Waals surface area contributed by atoms with Crippen molar-refractivity contribution in [1.29, 1.82) is 0 Å². The summed E-state index contributed by atoms with van der Waals surface area (Å²) in [6.07, 6.45) is 4.81. The molecule has 0 spiro atoms. The number of piperazine rings is 1. The van der Waals surface area contributed by atoms with Crippen LogP contribution in [0.2, 0.25) is 0 Å². The number of nitrogens with one attached hydrogen (secondary N) is 1. The lowest BCUT2D eigenvalue weighted by atomic mass is 10.2. The lowest BCUT2D eigenvalue weighted by Crippen LogP contribution is -2.47. The zero-order valence-electron chi connectivity index (χ0n) is 14.4. The molecule has 2 fully saturated rings. The van der Waals surface area contributed by atoms with Gasteiger partial charge in [0.15, 0.2) is 11.6 Å². The summed E-state index contributed by atoms with van der Waals surface area (Å²) >= 11 is 0. The zero-order chi connectivity index (χ0) is 17.8. The number of amides is 1. The molecule has 26 heavy (non-hydrogen) atoms. The van der Waals surface area contributed by atoms with Gasteiger partial charge in [-0.05, 0) is 31.0 Å². The summed E-state index contributed by atoms with van der Waals surface area (Å²) < 4.78 is 5.37. The molecule has 0 radical (unpaired) electrons. The first-order valence-corrected chi connectivity index (χ1v) is 8.83. The van der Waals surface area contributed by atoms with Crippen molar-refractivity contribution in [3.63, 3.8) is 0 Å². The van der Waals surface area contributed by atoms with Gasteiger partial charge in [0, 0.05) is 45.2 Å². The number of anilines is 3. The molecule has 1 amide bonds. The molecule has 136 valence electrons. The summed E-state index contributed by atoms with van der Waals surface area (Å²) in [5.74, 6) is 1.85. The van der Waals surface area contributed by atoms with Gasteiger partial charge in [-0.1, -0.05) is 0 Å². The smallest absolute Gasteiger partial charge is 0.254 e. The van der Waals surface area contributed by atoms with E-state index in [1.54, 1.807) is 18.5 Å². The maximum absolute atomic E-state index is 12.0. The molecule has 2 aliphatic heterocycles. The van der Waals surface area contributed by atoms with Crippen molar-refractivity contribution in [2.45, 2.75) is 18.9 Å². The fourth-order valence-corrected chi connectivity index (χ4v) is 3.14. The Balaban J connectivity index is 1.32. The average molecular weight is 355 g/mol. The highest BCUT2D eigenvalue weighted by atomic mass is 16.5. The average Bonchev–Trinajstić information content (AvgIpc) is 3.25. The zero-order valence-corrected chi connectivity index (χ0v) is 14.4. The number of nitrogens with zero attached hydrogens (tertiary/aromatic N) is 6. The van der Waals surface area contributed by atoms with Crippen LogP contribution in [0, 0.1) is 0 Å². The molecule has 0 bridgehead atoms. The Kier molecular flexibility index (Phi) is 4.87. The fraction of sp³-hybridized carbons (Fsp3) is 0.471. The Morgan fingerprint density at radius 2 is 1.85 bits per heavy atom. The van der Waals surface area contributed by atoms with Gasteiger partial charge in [0.2, 0.25) is 5.95 Å². The first-order valence-electron chi connectivity index (χ1n) is 8.83. The number of carbonyl (C=O) groups is 1. The summed E-state index contributed by atoms with van der Waals surface area (Å²) in [5.41, 5.74) is 0. The van der Waals surface area contributed by atoms with Gasteiger partial charge in [-0.15, -0.1) is 10.2 Å².